The first-order valence-corrected chi connectivity index (χ1v) is 8.55. The van der Waals surface area contributed by atoms with Gasteiger partial charge in [0, 0.05) is 44.1 Å². The summed E-state index contributed by atoms with van der Waals surface area (Å²) in [6, 6.07) is 11.0. The minimum absolute atomic E-state index is 0.370. The van der Waals surface area contributed by atoms with E-state index in [1.165, 1.54) is 11.3 Å². The van der Waals surface area contributed by atoms with Crippen LogP contribution in [0.5, 0.6) is 5.75 Å². The molecule has 0 aliphatic carbocycles. The molecule has 0 saturated carbocycles. The molecule has 0 radical (unpaired) electrons. The van der Waals surface area contributed by atoms with E-state index in [9.17, 15) is 0 Å². The third kappa shape index (κ3) is 2.64. The van der Waals surface area contributed by atoms with Gasteiger partial charge in [-0.1, -0.05) is 0 Å². The average Bonchev–Trinajstić information content (AvgIpc) is 2.59. The summed E-state index contributed by atoms with van der Waals surface area (Å²) in [7, 11) is 1.93. The lowest BCUT2D eigenvalue weighted by molar-refractivity contribution is 0.254. The summed E-state index contributed by atoms with van der Waals surface area (Å²) in [5.74, 6) is 2.07. The molecule has 2 aromatic rings. The zero-order chi connectivity index (χ0) is 16.7. The van der Waals surface area contributed by atoms with Crippen molar-refractivity contribution in [2.45, 2.75) is 19.9 Å². The second-order valence-electron chi connectivity index (χ2n) is 6.68. The van der Waals surface area contributed by atoms with Crippen LogP contribution in [0.4, 0.5) is 17.2 Å². The molecule has 1 aromatic carbocycles. The number of nitrogens with zero attached hydrogens (tertiary/aromatic N) is 3. The van der Waals surface area contributed by atoms with Crippen LogP contribution in [0.15, 0.2) is 30.3 Å². The predicted molar refractivity (Wildman–Crippen MR) is 98.5 cm³/mol. The van der Waals surface area contributed by atoms with Gasteiger partial charge in [-0.25, -0.2) is 4.98 Å². The van der Waals surface area contributed by atoms with E-state index < -0.39 is 0 Å². The smallest absolute Gasteiger partial charge is 0.144 e. The van der Waals surface area contributed by atoms with Crippen LogP contribution in [0.3, 0.4) is 0 Å². The van der Waals surface area contributed by atoms with Crippen molar-refractivity contribution >= 4 is 17.2 Å². The van der Waals surface area contributed by atoms with Crippen molar-refractivity contribution in [2.75, 3.05) is 48.4 Å². The molecule has 1 unspecified atom stereocenters. The highest BCUT2D eigenvalue weighted by atomic mass is 16.5. The van der Waals surface area contributed by atoms with Crippen LogP contribution in [-0.4, -0.2) is 44.3 Å². The molecule has 126 valence electrons. The minimum Gasteiger partial charge on any atom is -0.489 e. The molecule has 2 aliphatic heterocycles. The summed E-state index contributed by atoms with van der Waals surface area (Å²) in [5, 5.41) is 3.17. The van der Waals surface area contributed by atoms with Crippen molar-refractivity contribution in [1.82, 2.24) is 4.98 Å². The summed E-state index contributed by atoms with van der Waals surface area (Å²) in [6.07, 6.45) is 0. The largest absolute Gasteiger partial charge is 0.489 e. The van der Waals surface area contributed by atoms with Crippen LogP contribution in [-0.2, 0) is 0 Å². The summed E-state index contributed by atoms with van der Waals surface area (Å²) in [5.41, 5.74) is 4.64. The number of nitrogens with one attached hydrogen (secondary N) is 1. The molecule has 3 heterocycles. The molecule has 1 atom stereocenters. The molecule has 1 saturated heterocycles. The number of piperazine rings is 1. The van der Waals surface area contributed by atoms with Gasteiger partial charge < -0.3 is 19.9 Å². The lowest BCUT2D eigenvalue weighted by Gasteiger charge is -2.46. The van der Waals surface area contributed by atoms with E-state index in [-0.39, 0.29) is 0 Å². The Balaban J connectivity index is 1.57. The predicted octanol–water partition coefficient (Wildman–Crippen LogP) is 2.83. The van der Waals surface area contributed by atoms with Crippen LogP contribution in [0, 0.1) is 13.8 Å². The fraction of sp³-hybridized carbons (Fsp3) is 0.421. The van der Waals surface area contributed by atoms with Gasteiger partial charge >= 0.3 is 0 Å². The Bertz CT molecular complexity index is 741. The quantitative estimate of drug-likeness (QED) is 0.920. The number of benzene rings is 1. The molecular weight excluding hydrogens is 300 g/mol. The van der Waals surface area contributed by atoms with Gasteiger partial charge in [0.25, 0.3) is 0 Å². The van der Waals surface area contributed by atoms with Gasteiger partial charge in [-0.15, -0.1) is 0 Å². The van der Waals surface area contributed by atoms with E-state index >= 15 is 0 Å². The van der Waals surface area contributed by atoms with Gasteiger partial charge in [-0.3, -0.25) is 0 Å². The number of rotatable bonds is 2. The Morgan fingerprint density at radius 2 is 2.04 bits per heavy atom. The molecule has 1 fully saturated rings. The van der Waals surface area contributed by atoms with Crippen LogP contribution < -0.4 is 19.9 Å². The monoisotopic (exact) mass is 324 g/mol. The first-order chi connectivity index (χ1) is 11.6. The Morgan fingerprint density at radius 3 is 2.83 bits per heavy atom. The molecule has 1 N–H and O–H groups in total. The lowest BCUT2D eigenvalue weighted by atomic mass is 10.1. The van der Waals surface area contributed by atoms with Crippen LogP contribution in [0.25, 0.3) is 0 Å². The summed E-state index contributed by atoms with van der Waals surface area (Å²) >= 11 is 0. The first-order valence-electron chi connectivity index (χ1n) is 8.55. The molecule has 24 heavy (non-hydrogen) atoms. The molecule has 4 rings (SSSR count). The highest BCUT2D eigenvalue weighted by Gasteiger charge is 2.33. The Kier molecular flexibility index (Phi) is 3.71. The van der Waals surface area contributed by atoms with Crippen molar-refractivity contribution < 1.29 is 4.74 Å². The molecule has 2 aliphatic rings. The molecule has 1 aromatic heterocycles. The number of pyridine rings is 1. The van der Waals surface area contributed by atoms with E-state index in [4.69, 9.17) is 9.72 Å². The Morgan fingerprint density at radius 1 is 1.17 bits per heavy atom. The molecule has 0 bridgehead atoms. The fourth-order valence-corrected chi connectivity index (χ4v) is 3.71. The summed E-state index contributed by atoms with van der Waals surface area (Å²) < 4.78 is 6.04. The van der Waals surface area contributed by atoms with E-state index in [1.54, 1.807) is 0 Å². The summed E-state index contributed by atoms with van der Waals surface area (Å²) in [4.78, 5) is 9.59. The van der Waals surface area contributed by atoms with E-state index in [0.29, 0.717) is 6.04 Å². The number of ether oxygens (including phenoxy) is 1. The molecule has 0 spiro atoms. The van der Waals surface area contributed by atoms with Gasteiger partial charge in [0.15, 0.2) is 0 Å². The third-order valence-electron chi connectivity index (χ3n) is 4.88. The van der Waals surface area contributed by atoms with Gasteiger partial charge in [0.05, 0.1) is 11.7 Å². The van der Waals surface area contributed by atoms with Crippen LogP contribution in [0.2, 0.25) is 0 Å². The maximum atomic E-state index is 6.04. The Hall–Kier alpha value is -2.43. The van der Waals surface area contributed by atoms with Crippen molar-refractivity contribution in [3.63, 3.8) is 0 Å². The fourth-order valence-electron chi connectivity index (χ4n) is 3.71. The molecule has 5 heteroatoms. The number of hydrogen-bond donors (Lipinski definition) is 1. The molecule has 5 nitrogen and oxygen atoms in total. The number of fused-ring (bicyclic) bond motifs is 3. The number of anilines is 3. The summed E-state index contributed by atoms with van der Waals surface area (Å²) in [6.45, 7) is 7.85. The number of aromatic nitrogens is 1. The molecule has 0 amide bonds. The lowest BCUT2D eigenvalue weighted by Crippen LogP contribution is -2.57. The third-order valence-corrected chi connectivity index (χ3v) is 4.88. The van der Waals surface area contributed by atoms with E-state index in [1.807, 2.05) is 7.05 Å². The SMILES string of the molecule is CNc1ccc2c(c1)OCC1CN(c3cc(C)cc(C)n3)CCN21. The van der Waals surface area contributed by atoms with Gasteiger partial charge in [-0.05, 0) is 43.7 Å². The van der Waals surface area contributed by atoms with Crippen molar-refractivity contribution in [3.05, 3.63) is 41.6 Å². The van der Waals surface area contributed by atoms with E-state index in [2.05, 4.69) is 59.3 Å². The number of hydrogen-bond acceptors (Lipinski definition) is 5. The maximum absolute atomic E-state index is 6.04. The van der Waals surface area contributed by atoms with Crippen molar-refractivity contribution in [2.24, 2.45) is 0 Å². The zero-order valence-electron chi connectivity index (χ0n) is 14.5. The van der Waals surface area contributed by atoms with E-state index in [0.717, 1.165) is 49.2 Å². The number of aryl methyl sites for hydroxylation is 2. The maximum Gasteiger partial charge on any atom is 0.144 e. The van der Waals surface area contributed by atoms with Gasteiger partial charge in [0.2, 0.25) is 0 Å². The highest BCUT2D eigenvalue weighted by molar-refractivity contribution is 5.67. The van der Waals surface area contributed by atoms with Gasteiger partial charge in [-0.2, -0.15) is 0 Å². The van der Waals surface area contributed by atoms with Crippen LogP contribution in [0.1, 0.15) is 11.3 Å². The average molecular weight is 324 g/mol. The van der Waals surface area contributed by atoms with Crippen molar-refractivity contribution in [3.8, 4) is 5.75 Å². The second-order valence-corrected chi connectivity index (χ2v) is 6.68. The highest BCUT2D eigenvalue weighted by Crippen LogP contribution is 2.37. The van der Waals surface area contributed by atoms with Crippen LogP contribution >= 0.6 is 0 Å². The molecular formula is C19H24N4O. The standard InChI is InChI=1S/C19H24N4O/c1-13-8-14(2)21-19(9-13)22-6-7-23-16(11-22)12-24-18-10-15(20-3)4-5-17(18)23/h4-5,8-10,16,20H,6-7,11-12H2,1-3H3. The normalized spacial score (nSPS) is 19.4. The second kappa shape index (κ2) is 5.89. The Labute approximate surface area is 143 Å². The van der Waals surface area contributed by atoms with Crippen molar-refractivity contribution in [1.29, 1.82) is 0 Å². The first kappa shape index (κ1) is 15.1. The topological polar surface area (TPSA) is 40.6 Å². The minimum atomic E-state index is 0.370. The zero-order valence-corrected chi connectivity index (χ0v) is 14.5. The van der Waals surface area contributed by atoms with Gasteiger partial charge in [0.1, 0.15) is 18.2 Å².